The van der Waals surface area contributed by atoms with Crippen LogP contribution in [0.15, 0.2) is 42.9 Å². The topological polar surface area (TPSA) is 63.9 Å². The standard InChI is InChI=1S/C25H29N5O2/c1-2-32-19-7-12-30-22(13-19)24-20(15-31-16-21(24)28-30)18-5-6-23(26-14-18)29-11-4-9-25(17-29)8-3-10-27-25/h5-7,12-15,27H,2-4,8-11,16-17H2,1H3. The molecule has 6 heterocycles. The third-order valence-electron chi connectivity index (χ3n) is 6.97. The normalized spacial score (nSPS) is 22.7. The molecular formula is C25H29N5O2. The maximum absolute atomic E-state index is 5.76. The van der Waals surface area contributed by atoms with Gasteiger partial charge in [-0.25, -0.2) is 9.50 Å². The van der Waals surface area contributed by atoms with Crippen LogP contribution in [0.3, 0.4) is 0 Å². The highest BCUT2D eigenvalue weighted by Crippen LogP contribution is 2.36. The summed E-state index contributed by atoms with van der Waals surface area (Å²) in [7, 11) is 0. The summed E-state index contributed by atoms with van der Waals surface area (Å²) < 4.78 is 13.4. The number of aromatic nitrogens is 3. The Morgan fingerprint density at radius 2 is 2.16 bits per heavy atom. The van der Waals surface area contributed by atoms with E-state index in [1.807, 2.05) is 36.2 Å². The number of nitrogens with zero attached hydrogens (tertiary/aromatic N) is 4. The average Bonchev–Trinajstić information content (AvgIpc) is 3.43. The highest BCUT2D eigenvalue weighted by molar-refractivity contribution is 5.89. The number of nitrogens with one attached hydrogen (secondary N) is 1. The van der Waals surface area contributed by atoms with Crippen molar-refractivity contribution in [2.75, 3.05) is 31.1 Å². The molecule has 0 amide bonds. The Morgan fingerprint density at radius 1 is 1.22 bits per heavy atom. The van der Waals surface area contributed by atoms with Crippen molar-refractivity contribution in [1.82, 2.24) is 19.9 Å². The first-order valence-electron chi connectivity index (χ1n) is 11.7. The van der Waals surface area contributed by atoms with Crippen molar-refractivity contribution >= 4 is 16.9 Å². The number of anilines is 1. The van der Waals surface area contributed by atoms with Crippen LogP contribution in [-0.2, 0) is 11.3 Å². The minimum Gasteiger partial charge on any atom is -0.494 e. The molecule has 0 saturated carbocycles. The molecule has 32 heavy (non-hydrogen) atoms. The van der Waals surface area contributed by atoms with E-state index < -0.39 is 0 Å². The lowest BCUT2D eigenvalue weighted by Gasteiger charge is -2.41. The predicted molar refractivity (Wildman–Crippen MR) is 124 cm³/mol. The first-order chi connectivity index (χ1) is 15.7. The molecule has 1 unspecified atom stereocenters. The van der Waals surface area contributed by atoms with Crippen molar-refractivity contribution in [2.24, 2.45) is 0 Å². The first-order valence-corrected chi connectivity index (χ1v) is 11.7. The van der Waals surface area contributed by atoms with Crippen LogP contribution in [0.4, 0.5) is 5.82 Å². The van der Waals surface area contributed by atoms with Gasteiger partial charge in [-0.1, -0.05) is 0 Å². The van der Waals surface area contributed by atoms with Crippen LogP contribution in [0.1, 0.15) is 49.4 Å². The van der Waals surface area contributed by atoms with Crippen molar-refractivity contribution in [3.8, 4) is 5.75 Å². The van der Waals surface area contributed by atoms with Gasteiger partial charge in [0.05, 0.1) is 18.4 Å². The summed E-state index contributed by atoms with van der Waals surface area (Å²) in [6.45, 7) is 6.36. The van der Waals surface area contributed by atoms with Crippen molar-refractivity contribution in [2.45, 2.75) is 44.8 Å². The molecule has 6 rings (SSSR count). The zero-order chi connectivity index (χ0) is 21.5. The fourth-order valence-electron chi connectivity index (χ4n) is 5.48. The van der Waals surface area contributed by atoms with E-state index in [0.29, 0.717) is 13.2 Å². The molecule has 2 fully saturated rings. The molecule has 0 radical (unpaired) electrons. The molecule has 0 aromatic carbocycles. The van der Waals surface area contributed by atoms with Gasteiger partial charge in [0, 0.05) is 53.8 Å². The number of rotatable bonds is 4. The number of pyridine rings is 2. The Hall–Kier alpha value is -3.06. The van der Waals surface area contributed by atoms with Crippen LogP contribution in [-0.4, -0.2) is 46.4 Å². The maximum atomic E-state index is 5.76. The van der Waals surface area contributed by atoms with Gasteiger partial charge >= 0.3 is 0 Å². The van der Waals surface area contributed by atoms with Gasteiger partial charge in [0.1, 0.15) is 23.9 Å². The number of fused-ring (bicyclic) bond motifs is 3. The van der Waals surface area contributed by atoms with Crippen molar-refractivity contribution in [1.29, 1.82) is 0 Å². The van der Waals surface area contributed by atoms with Gasteiger partial charge < -0.3 is 19.7 Å². The van der Waals surface area contributed by atoms with E-state index in [4.69, 9.17) is 19.6 Å². The fourth-order valence-corrected chi connectivity index (χ4v) is 5.48. The third kappa shape index (κ3) is 3.32. The van der Waals surface area contributed by atoms with E-state index in [1.165, 1.54) is 25.7 Å². The molecule has 3 aromatic heterocycles. The van der Waals surface area contributed by atoms with Crippen LogP contribution in [0, 0.1) is 0 Å². The van der Waals surface area contributed by atoms with Crippen LogP contribution >= 0.6 is 0 Å². The summed E-state index contributed by atoms with van der Waals surface area (Å²) in [5, 5.41) is 8.48. The predicted octanol–water partition coefficient (Wildman–Crippen LogP) is 3.77. The second kappa shape index (κ2) is 7.81. The lowest BCUT2D eigenvalue weighted by atomic mass is 9.87. The maximum Gasteiger partial charge on any atom is 0.132 e. The van der Waals surface area contributed by atoms with Crippen LogP contribution < -0.4 is 15.0 Å². The Morgan fingerprint density at radius 3 is 2.97 bits per heavy atom. The quantitative estimate of drug-likeness (QED) is 0.679. The molecule has 1 N–H and O–H groups in total. The van der Waals surface area contributed by atoms with Gasteiger partial charge in [0.25, 0.3) is 0 Å². The van der Waals surface area contributed by atoms with Gasteiger partial charge in [-0.15, -0.1) is 0 Å². The molecule has 1 atom stereocenters. The SMILES string of the molecule is CCOc1ccn2nc3c(c2c1)C(c1ccc(N2CCCC4(CCCN4)C2)nc1)=COC3. The summed E-state index contributed by atoms with van der Waals surface area (Å²) in [6.07, 6.45) is 10.8. The molecule has 166 valence electrons. The summed E-state index contributed by atoms with van der Waals surface area (Å²) >= 11 is 0. The van der Waals surface area contributed by atoms with Crippen molar-refractivity contribution in [3.05, 3.63) is 59.7 Å². The molecule has 0 bridgehead atoms. The lowest BCUT2D eigenvalue weighted by Crippen LogP contribution is -2.54. The molecular weight excluding hydrogens is 402 g/mol. The van der Waals surface area contributed by atoms with E-state index in [0.717, 1.165) is 59.1 Å². The number of ether oxygens (including phenoxy) is 2. The number of piperidine rings is 1. The summed E-state index contributed by atoms with van der Waals surface area (Å²) in [6, 6.07) is 8.31. The highest BCUT2D eigenvalue weighted by Gasteiger charge is 2.38. The Labute approximate surface area is 188 Å². The molecule has 3 aromatic rings. The van der Waals surface area contributed by atoms with Crippen molar-refractivity contribution < 1.29 is 9.47 Å². The van der Waals surface area contributed by atoms with Crippen LogP contribution in [0.5, 0.6) is 5.75 Å². The fraction of sp³-hybridized carbons (Fsp3) is 0.440. The minimum absolute atomic E-state index is 0.280. The van der Waals surface area contributed by atoms with Crippen molar-refractivity contribution in [3.63, 3.8) is 0 Å². The second-order valence-corrected chi connectivity index (χ2v) is 9.03. The molecule has 3 aliphatic rings. The monoisotopic (exact) mass is 431 g/mol. The highest BCUT2D eigenvalue weighted by atomic mass is 16.5. The van der Waals surface area contributed by atoms with Crippen LogP contribution in [0.2, 0.25) is 0 Å². The first kappa shape index (κ1) is 19.6. The molecule has 7 heteroatoms. The number of hydrogen-bond donors (Lipinski definition) is 1. The Balaban J connectivity index is 1.31. The summed E-state index contributed by atoms with van der Waals surface area (Å²) in [5.41, 5.74) is 5.39. The smallest absolute Gasteiger partial charge is 0.132 e. The molecule has 7 nitrogen and oxygen atoms in total. The van der Waals surface area contributed by atoms with Gasteiger partial charge in [-0.3, -0.25) is 0 Å². The van der Waals surface area contributed by atoms with Gasteiger partial charge in [-0.05, 0) is 57.4 Å². The third-order valence-corrected chi connectivity index (χ3v) is 6.97. The second-order valence-electron chi connectivity index (χ2n) is 9.03. The van der Waals surface area contributed by atoms with Gasteiger partial charge in [0.15, 0.2) is 0 Å². The molecule has 2 saturated heterocycles. The van der Waals surface area contributed by atoms with E-state index in [1.54, 1.807) is 0 Å². The minimum atomic E-state index is 0.280. The number of hydrogen-bond acceptors (Lipinski definition) is 6. The molecule has 1 spiro atoms. The zero-order valence-corrected chi connectivity index (χ0v) is 18.5. The molecule has 3 aliphatic heterocycles. The van der Waals surface area contributed by atoms with E-state index >= 15 is 0 Å². The summed E-state index contributed by atoms with van der Waals surface area (Å²) in [4.78, 5) is 7.30. The molecule has 0 aliphatic carbocycles. The largest absolute Gasteiger partial charge is 0.494 e. The average molecular weight is 432 g/mol. The lowest BCUT2D eigenvalue weighted by molar-refractivity contribution is 0.228. The van der Waals surface area contributed by atoms with E-state index in [-0.39, 0.29) is 5.54 Å². The van der Waals surface area contributed by atoms with Crippen LogP contribution in [0.25, 0.3) is 11.1 Å². The van der Waals surface area contributed by atoms with Gasteiger partial charge in [0.2, 0.25) is 0 Å². The van der Waals surface area contributed by atoms with Gasteiger partial charge in [-0.2, -0.15) is 5.10 Å². The Bertz CT molecular complexity index is 1160. The Kier molecular flexibility index (Phi) is 4.79. The van der Waals surface area contributed by atoms with E-state index in [2.05, 4.69) is 28.4 Å². The summed E-state index contributed by atoms with van der Waals surface area (Å²) in [5.74, 6) is 1.90. The van der Waals surface area contributed by atoms with E-state index in [9.17, 15) is 0 Å². The zero-order valence-electron chi connectivity index (χ0n) is 18.5.